The highest BCUT2D eigenvalue weighted by Crippen LogP contribution is 2.38. The molecular weight excluding hydrogens is 248 g/mol. The molecule has 3 atom stereocenters. The van der Waals surface area contributed by atoms with Gasteiger partial charge in [-0.15, -0.1) is 0 Å². The summed E-state index contributed by atoms with van der Waals surface area (Å²) in [4.78, 5) is 14.2. The molecule has 1 aliphatic carbocycles. The number of benzene rings is 1. The summed E-state index contributed by atoms with van der Waals surface area (Å²) in [6, 6.07) is 2.99. The van der Waals surface area contributed by atoms with Crippen LogP contribution in [0.5, 0.6) is 0 Å². The lowest BCUT2D eigenvalue weighted by atomic mass is 10.0. The summed E-state index contributed by atoms with van der Waals surface area (Å²) in [6.45, 7) is 4.87. The van der Waals surface area contributed by atoms with Gasteiger partial charge in [-0.05, 0) is 50.4 Å². The van der Waals surface area contributed by atoms with E-state index in [1.165, 1.54) is 12.5 Å². The highest BCUT2D eigenvalue weighted by Gasteiger charge is 2.34. The molecular formula is C15H19F2NO. The third-order valence-electron chi connectivity index (χ3n) is 4.04. The van der Waals surface area contributed by atoms with E-state index in [1.54, 1.807) is 6.92 Å². The highest BCUT2D eigenvalue weighted by atomic mass is 19.2. The van der Waals surface area contributed by atoms with Gasteiger partial charge in [-0.2, -0.15) is 0 Å². The van der Waals surface area contributed by atoms with Crippen molar-refractivity contribution >= 4 is 5.78 Å². The van der Waals surface area contributed by atoms with Crippen LogP contribution in [0.25, 0.3) is 0 Å². The van der Waals surface area contributed by atoms with E-state index in [1.807, 2.05) is 11.9 Å². The summed E-state index contributed by atoms with van der Waals surface area (Å²) in [5, 5.41) is 0. The molecule has 1 saturated carbocycles. The monoisotopic (exact) mass is 267 g/mol. The Labute approximate surface area is 112 Å². The number of rotatable bonds is 5. The predicted molar refractivity (Wildman–Crippen MR) is 70.1 cm³/mol. The molecule has 1 aromatic rings. The Morgan fingerprint density at radius 1 is 1.42 bits per heavy atom. The van der Waals surface area contributed by atoms with Gasteiger partial charge in [-0.3, -0.25) is 9.69 Å². The van der Waals surface area contributed by atoms with Crippen LogP contribution in [0.15, 0.2) is 18.2 Å². The van der Waals surface area contributed by atoms with Crippen molar-refractivity contribution < 1.29 is 13.6 Å². The Hall–Kier alpha value is -1.29. The third kappa shape index (κ3) is 3.18. The summed E-state index contributed by atoms with van der Waals surface area (Å²) in [5.41, 5.74) is 0.224. The number of likely N-dealkylation sites (N-methyl/N-ethyl adjacent to an activating group) is 1. The molecule has 0 heterocycles. The number of halogens is 2. The average molecular weight is 267 g/mol. The zero-order valence-electron chi connectivity index (χ0n) is 11.5. The van der Waals surface area contributed by atoms with Crippen LogP contribution in [-0.2, 0) is 0 Å². The predicted octanol–water partition coefficient (Wildman–Crippen LogP) is 3.12. The summed E-state index contributed by atoms with van der Waals surface area (Å²) in [7, 11) is 1.90. The van der Waals surface area contributed by atoms with Crippen LogP contribution in [0.4, 0.5) is 8.78 Å². The van der Waals surface area contributed by atoms with Gasteiger partial charge in [0, 0.05) is 12.1 Å². The molecule has 0 spiro atoms. The molecule has 4 heteroatoms. The van der Waals surface area contributed by atoms with Gasteiger partial charge < -0.3 is 0 Å². The molecule has 0 aromatic heterocycles. The van der Waals surface area contributed by atoms with Gasteiger partial charge in [-0.1, -0.05) is 6.92 Å². The second kappa shape index (κ2) is 5.37. The quantitative estimate of drug-likeness (QED) is 0.764. The van der Waals surface area contributed by atoms with Crippen LogP contribution in [0.2, 0.25) is 0 Å². The molecule has 2 rings (SSSR count). The van der Waals surface area contributed by atoms with Gasteiger partial charge >= 0.3 is 0 Å². The Balaban J connectivity index is 2.03. The van der Waals surface area contributed by atoms with E-state index in [-0.39, 0.29) is 17.4 Å². The molecule has 1 aliphatic rings. The maximum absolute atomic E-state index is 13.1. The molecule has 0 N–H and O–H groups in total. The van der Waals surface area contributed by atoms with Crippen LogP contribution >= 0.6 is 0 Å². The topological polar surface area (TPSA) is 20.3 Å². The first-order valence-corrected chi connectivity index (χ1v) is 6.59. The van der Waals surface area contributed by atoms with Crippen LogP contribution in [0.3, 0.4) is 0 Å². The molecule has 104 valence electrons. The molecule has 0 saturated heterocycles. The number of nitrogens with zero attached hydrogens (tertiary/aromatic N) is 1. The first-order valence-electron chi connectivity index (χ1n) is 6.59. The zero-order valence-corrected chi connectivity index (χ0v) is 11.5. The van der Waals surface area contributed by atoms with Gasteiger partial charge in [0.2, 0.25) is 0 Å². The van der Waals surface area contributed by atoms with E-state index in [0.29, 0.717) is 5.92 Å². The average Bonchev–Trinajstić information content (AvgIpc) is 3.06. The minimum absolute atomic E-state index is 0.172. The second-order valence-electron chi connectivity index (χ2n) is 5.58. The van der Waals surface area contributed by atoms with Crippen molar-refractivity contribution in [1.29, 1.82) is 0 Å². The molecule has 2 nitrogen and oxygen atoms in total. The smallest absolute Gasteiger partial charge is 0.179 e. The molecule has 19 heavy (non-hydrogen) atoms. The van der Waals surface area contributed by atoms with Gasteiger partial charge in [0.05, 0.1) is 6.04 Å². The fraction of sp³-hybridized carbons (Fsp3) is 0.533. The number of hydrogen-bond acceptors (Lipinski definition) is 2. The lowest BCUT2D eigenvalue weighted by Gasteiger charge is -2.23. The molecule has 1 aromatic carbocycles. The first-order chi connectivity index (χ1) is 8.90. The Kier molecular flexibility index (Phi) is 3.99. The van der Waals surface area contributed by atoms with Crippen LogP contribution in [0.1, 0.15) is 30.6 Å². The Bertz CT molecular complexity index is 489. The zero-order chi connectivity index (χ0) is 14.2. The van der Waals surface area contributed by atoms with Crippen LogP contribution in [0, 0.1) is 23.5 Å². The minimum Gasteiger partial charge on any atom is -0.296 e. The summed E-state index contributed by atoms with van der Waals surface area (Å²) in [6.07, 6.45) is 1.20. The van der Waals surface area contributed by atoms with E-state index < -0.39 is 11.6 Å². The fourth-order valence-electron chi connectivity index (χ4n) is 2.27. The van der Waals surface area contributed by atoms with Crippen LogP contribution < -0.4 is 0 Å². The summed E-state index contributed by atoms with van der Waals surface area (Å²) < 4.78 is 26.0. The molecule has 1 fully saturated rings. The van der Waals surface area contributed by atoms with Crippen molar-refractivity contribution in [3.63, 3.8) is 0 Å². The number of carbonyl (C=O) groups is 1. The third-order valence-corrected chi connectivity index (χ3v) is 4.04. The SMILES string of the molecule is CC1CC1CN(C)C(C)C(=O)c1ccc(F)c(F)c1. The fourth-order valence-corrected chi connectivity index (χ4v) is 2.27. The minimum atomic E-state index is -0.975. The molecule has 3 unspecified atom stereocenters. The van der Waals surface area contributed by atoms with E-state index in [2.05, 4.69) is 6.92 Å². The van der Waals surface area contributed by atoms with Crippen LogP contribution in [-0.4, -0.2) is 30.3 Å². The number of ketones is 1. The summed E-state index contributed by atoms with van der Waals surface area (Å²) in [5.74, 6) is -0.686. The van der Waals surface area contributed by atoms with E-state index in [0.717, 1.165) is 24.6 Å². The maximum Gasteiger partial charge on any atom is 0.179 e. The van der Waals surface area contributed by atoms with Crippen molar-refractivity contribution in [2.45, 2.75) is 26.3 Å². The van der Waals surface area contributed by atoms with Crippen molar-refractivity contribution in [3.8, 4) is 0 Å². The van der Waals surface area contributed by atoms with Gasteiger partial charge in [0.15, 0.2) is 17.4 Å². The second-order valence-corrected chi connectivity index (χ2v) is 5.58. The van der Waals surface area contributed by atoms with E-state index in [9.17, 15) is 13.6 Å². The standard InChI is InChI=1S/C15H19F2NO/c1-9-6-12(9)8-18(3)10(2)15(19)11-4-5-13(16)14(17)7-11/h4-5,7,9-10,12H,6,8H2,1-3H3. The number of carbonyl (C=O) groups excluding carboxylic acids is 1. The van der Waals surface area contributed by atoms with Crippen molar-refractivity contribution in [2.24, 2.45) is 11.8 Å². The van der Waals surface area contributed by atoms with Gasteiger partial charge in [0.1, 0.15) is 0 Å². The normalized spacial score (nSPS) is 23.5. The number of Topliss-reactive ketones (excluding diaryl/α,β-unsaturated/α-hetero) is 1. The highest BCUT2D eigenvalue weighted by molar-refractivity contribution is 5.99. The van der Waals surface area contributed by atoms with E-state index >= 15 is 0 Å². The van der Waals surface area contributed by atoms with Crippen molar-refractivity contribution in [2.75, 3.05) is 13.6 Å². The first kappa shape index (κ1) is 14.1. The summed E-state index contributed by atoms with van der Waals surface area (Å²) >= 11 is 0. The molecule has 0 amide bonds. The van der Waals surface area contributed by atoms with Gasteiger partial charge in [0.25, 0.3) is 0 Å². The van der Waals surface area contributed by atoms with Crippen molar-refractivity contribution in [3.05, 3.63) is 35.4 Å². The Morgan fingerprint density at radius 3 is 2.58 bits per heavy atom. The number of hydrogen-bond donors (Lipinski definition) is 0. The molecule has 0 radical (unpaired) electrons. The van der Waals surface area contributed by atoms with Gasteiger partial charge in [-0.25, -0.2) is 8.78 Å². The Morgan fingerprint density at radius 2 is 2.05 bits per heavy atom. The van der Waals surface area contributed by atoms with E-state index in [4.69, 9.17) is 0 Å². The lowest BCUT2D eigenvalue weighted by molar-refractivity contribution is 0.0862. The van der Waals surface area contributed by atoms with Crippen molar-refractivity contribution in [1.82, 2.24) is 4.90 Å². The maximum atomic E-state index is 13.1. The molecule has 0 aliphatic heterocycles. The molecule has 0 bridgehead atoms. The largest absolute Gasteiger partial charge is 0.296 e. The lowest BCUT2D eigenvalue weighted by Crippen LogP contribution is -2.37.